The molecule has 1 rings (SSSR count). The van der Waals surface area contributed by atoms with Gasteiger partial charge < -0.3 is 10.6 Å². The van der Waals surface area contributed by atoms with Crippen LogP contribution in [0, 0.1) is 0 Å². The fourth-order valence-electron chi connectivity index (χ4n) is 2.70. The van der Waals surface area contributed by atoms with Gasteiger partial charge in [0.1, 0.15) is 0 Å². The van der Waals surface area contributed by atoms with Crippen molar-refractivity contribution in [2.75, 3.05) is 24.2 Å². The van der Waals surface area contributed by atoms with Crippen LogP contribution in [-0.4, -0.2) is 18.6 Å². The summed E-state index contributed by atoms with van der Waals surface area (Å²) in [5.41, 5.74) is 7.81. The zero-order valence-corrected chi connectivity index (χ0v) is 14.0. The summed E-state index contributed by atoms with van der Waals surface area (Å²) in [4.78, 5) is 6.27. The molecule has 0 amide bonds. The Morgan fingerprint density at radius 2 is 1.52 bits per heavy atom. The Labute approximate surface area is 130 Å². The average molecular weight is 291 g/mol. The molecule has 0 aromatic carbocycles. The van der Waals surface area contributed by atoms with Gasteiger partial charge in [-0.1, -0.05) is 64.7 Å². The van der Waals surface area contributed by atoms with Crippen LogP contribution in [0.1, 0.15) is 71.1 Å². The number of pyridine rings is 1. The summed E-state index contributed by atoms with van der Waals surface area (Å²) in [7, 11) is 2.11. The van der Waals surface area contributed by atoms with Gasteiger partial charge in [0.25, 0.3) is 0 Å². The van der Waals surface area contributed by atoms with Crippen molar-refractivity contribution in [2.45, 2.75) is 71.1 Å². The van der Waals surface area contributed by atoms with E-state index < -0.39 is 0 Å². The van der Waals surface area contributed by atoms with E-state index in [1.807, 2.05) is 6.07 Å². The zero-order valence-electron chi connectivity index (χ0n) is 14.0. The lowest BCUT2D eigenvalue weighted by atomic mass is 10.1. The molecule has 0 aliphatic rings. The lowest BCUT2D eigenvalue weighted by molar-refractivity contribution is 0.556. The molecule has 0 radical (unpaired) electrons. The van der Waals surface area contributed by atoms with Crippen molar-refractivity contribution in [3.8, 4) is 0 Å². The Bertz CT molecular complexity index is 365. The molecule has 0 saturated heterocycles. The highest BCUT2D eigenvalue weighted by atomic mass is 15.1. The standard InChI is InChI=1S/C18H33N3/c1-3-4-5-6-7-8-9-10-11-12-15-21(2)18-13-14-20-16-17(18)19/h13-14,16H,3-12,15,19H2,1-2H3. The number of aromatic nitrogens is 1. The Morgan fingerprint density at radius 1 is 0.952 bits per heavy atom. The molecular formula is C18H33N3. The lowest BCUT2D eigenvalue weighted by Gasteiger charge is -2.20. The molecule has 21 heavy (non-hydrogen) atoms. The Morgan fingerprint density at radius 3 is 2.10 bits per heavy atom. The van der Waals surface area contributed by atoms with Crippen molar-refractivity contribution in [1.82, 2.24) is 4.98 Å². The lowest BCUT2D eigenvalue weighted by Crippen LogP contribution is -2.19. The third kappa shape index (κ3) is 7.93. The fraction of sp³-hybridized carbons (Fsp3) is 0.722. The summed E-state index contributed by atoms with van der Waals surface area (Å²) in [6, 6.07) is 1.99. The van der Waals surface area contributed by atoms with Gasteiger partial charge in [0.2, 0.25) is 0 Å². The largest absolute Gasteiger partial charge is 0.396 e. The molecule has 0 aliphatic heterocycles. The van der Waals surface area contributed by atoms with Crippen molar-refractivity contribution in [3.63, 3.8) is 0 Å². The van der Waals surface area contributed by atoms with E-state index in [2.05, 4.69) is 23.9 Å². The molecule has 0 aliphatic carbocycles. The monoisotopic (exact) mass is 291 g/mol. The van der Waals surface area contributed by atoms with Crippen molar-refractivity contribution in [3.05, 3.63) is 18.5 Å². The summed E-state index contributed by atoms with van der Waals surface area (Å²) in [5.74, 6) is 0. The summed E-state index contributed by atoms with van der Waals surface area (Å²) in [5, 5.41) is 0. The van der Waals surface area contributed by atoms with E-state index in [0.717, 1.165) is 17.9 Å². The summed E-state index contributed by atoms with van der Waals surface area (Å²) < 4.78 is 0. The summed E-state index contributed by atoms with van der Waals surface area (Å²) in [6.07, 6.45) is 17.3. The second-order valence-electron chi connectivity index (χ2n) is 6.04. The number of hydrogen-bond donors (Lipinski definition) is 1. The van der Waals surface area contributed by atoms with Crippen LogP contribution in [0.25, 0.3) is 0 Å². The number of unbranched alkanes of at least 4 members (excludes halogenated alkanes) is 9. The molecule has 120 valence electrons. The van der Waals surface area contributed by atoms with Crippen LogP contribution in [0.15, 0.2) is 18.5 Å². The third-order valence-electron chi connectivity index (χ3n) is 4.09. The fourth-order valence-corrected chi connectivity index (χ4v) is 2.70. The normalized spacial score (nSPS) is 10.8. The van der Waals surface area contributed by atoms with E-state index in [1.54, 1.807) is 12.4 Å². The van der Waals surface area contributed by atoms with Crippen LogP contribution in [0.5, 0.6) is 0 Å². The van der Waals surface area contributed by atoms with Crippen molar-refractivity contribution in [2.24, 2.45) is 0 Å². The van der Waals surface area contributed by atoms with Crippen LogP contribution in [0.3, 0.4) is 0 Å². The van der Waals surface area contributed by atoms with Gasteiger partial charge in [0.05, 0.1) is 17.6 Å². The predicted molar refractivity (Wildman–Crippen MR) is 93.8 cm³/mol. The van der Waals surface area contributed by atoms with Gasteiger partial charge in [-0.15, -0.1) is 0 Å². The van der Waals surface area contributed by atoms with Gasteiger partial charge >= 0.3 is 0 Å². The van der Waals surface area contributed by atoms with Crippen LogP contribution >= 0.6 is 0 Å². The summed E-state index contributed by atoms with van der Waals surface area (Å²) >= 11 is 0. The van der Waals surface area contributed by atoms with Crippen LogP contribution in [0.2, 0.25) is 0 Å². The van der Waals surface area contributed by atoms with E-state index in [-0.39, 0.29) is 0 Å². The molecule has 1 aromatic heterocycles. The van der Waals surface area contributed by atoms with E-state index in [9.17, 15) is 0 Å². The second-order valence-corrected chi connectivity index (χ2v) is 6.04. The Kier molecular flexibility index (Phi) is 9.68. The first-order chi connectivity index (χ1) is 10.3. The molecule has 0 fully saturated rings. The molecule has 0 saturated carbocycles. The van der Waals surface area contributed by atoms with Gasteiger partial charge in [-0.05, 0) is 12.5 Å². The highest BCUT2D eigenvalue weighted by Gasteiger charge is 2.04. The number of nitrogens with zero attached hydrogens (tertiary/aromatic N) is 2. The molecule has 0 atom stereocenters. The Hall–Kier alpha value is -1.25. The smallest absolute Gasteiger partial charge is 0.0738 e. The van der Waals surface area contributed by atoms with Gasteiger partial charge in [-0.25, -0.2) is 0 Å². The highest BCUT2D eigenvalue weighted by Crippen LogP contribution is 2.20. The SMILES string of the molecule is CCCCCCCCCCCCN(C)c1ccncc1N. The minimum absolute atomic E-state index is 0.770. The number of nitrogens with two attached hydrogens (primary N) is 1. The maximum Gasteiger partial charge on any atom is 0.0738 e. The first-order valence-electron chi connectivity index (χ1n) is 8.66. The molecule has 3 nitrogen and oxygen atoms in total. The number of hydrogen-bond acceptors (Lipinski definition) is 3. The molecule has 3 heteroatoms. The maximum atomic E-state index is 5.94. The molecule has 0 unspecified atom stereocenters. The molecule has 0 bridgehead atoms. The van der Waals surface area contributed by atoms with E-state index >= 15 is 0 Å². The van der Waals surface area contributed by atoms with E-state index in [4.69, 9.17) is 5.73 Å². The topological polar surface area (TPSA) is 42.2 Å². The van der Waals surface area contributed by atoms with Crippen molar-refractivity contribution in [1.29, 1.82) is 0 Å². The van der Waals surface area contributed by atoms with Gasteiger partial charge in [0, 0.05) is 19.8 Å². The molecule has 1 aromatic rings. The number of anilines is 2. The molecule has 1 heterocycles. The van der Waals surface area contributed by atoms with Gasteiger partial charge in [-0.2, -0.15) is 0 Å². The second kappa shape index (κ2) is 11.4. The van der Waals surface area contributed by atoms with Crippen LogP contribution in [0.4, 0.5) is 11.4 Å². The molecule has 0 spiro atoms. The van der Waals surface area contributed by atoms with E-state index in [0.29, 0.717) is 0 Å². The van der Waals surface area contributed by atoms with Crippen LogP contribution < -0.4 is 10.6 Å². The molecule has 2 N–H and O–H groups in total. The number of rotatable bonds is 12. The average Bonchev–Trinajstić information content (AvgIpc) is 2.49. The maximum absolute atomic E-state index is 5.94. The van der Waals surface area contributed by atoms with Crippen molar-refractivity contribution >= 4 is 11.4 Å². The zero-order chi connectivity index (χ0) is 15.3. The van der Waals surface area contributed by atoms with Crippen molar-refractivity contribution < 1.29 is 0 Å². The highest BCUT2D eigenvalue weighted by molar-refractivity contribution is 5.65. The van der Waals surface area contributed by atoms with Gasteiger partial charge in [0.15, 0.2) is 0 Å². The first kappa shape index (κ1) is 17.8. The minimum atomic E-state index is 0.770. The van der Waals surface area contributed by atoms with Crippen LogP contribution in [-0.2, 0) is 0 Å². The van der Waals surface area contributed by atoms with E-state index in [1.165, 1.54) is 64.2 Å². The Balaban J connectivity index is 1.98. The summed E-state index contributed by atoms with van der Waals surface area (Å²) in [6.45, 7) is 3.35. The number of nitrogen functional groups attached to an aromatic ring is 1. The minimum Gasteiger partial charge on any atom is -0.396 e. The first-order valence-corrected chi connectivity index (χ1v) is 8.66. The quantitative estimate of drug-likeness (QED) is 0.550. The third-order valence-corrected chi connectivity index (χ3v) is 4.09. The predicted octanol–water partition coefficient (Wildman–Crippen LogP) is 5.02. The van der Waals surface area contributed by atoms with Gasteiger partial charge in [-0.3, -0.25) is 4.98 Å². The molecular weight excluding hydrogens is 258 g/mol.